The Morgan fingerprint density at radius 2 is 2.27 bits per heavy atom. The molecule has 0 radical (unpaired) electrons. The lowest BCUT2D eigenvalue weighted by Crippen LogP contribution is -2.10. The van der Waals surface area contributed by atoms with Gasteiger partial charge in [-0.2, -0.15) is 0 Å². The van der Waals surface area contributed by atoms with E-state index in [-0.39, 0.29) is 0 Å². The van der Waals surface area contributed by atoms with E-state index in [1.807, 2.05) is 18.3 Å². The predicted molar refractivity (Wildman–Crippen MR) is 48.1 cm³/mol. The van der Waals surface area contributed by atoms with Gasteiger partial charge >= 0.3 is 0 Å². The summed E-state index contributed by atoms with van der Waals surface area (Å²) in [6.07, 6.45) is 1.89. The van der Waals surface area contributed by atoms with Crippen LogP contribution in [0.1, 0.15) is 5.69 Å². The third kappa shape index (κ3) is 0.844. The van der Waals surface area contributed by atoms with Gasteiger partial charge in [-0.15, -0.1) is 0 Å². The average Bonchev–Trinajstić information content (AvgIpc) is 2.34. The number of hydrogen-bond donors (Lipinski definition) is 0. The van der Waals surface area contributed by atoms with Crippen LogP contribution in [0.3, 0.4) is 0 Å². The van der Waals surface area contributed by atoms with Gasteiger partial charge in [0.1, 0.15) is 5.65 Å². The molecular formula is C8H9BN2. The number of nitrogens with zero attached hydrogens (tertiary/aromatic N) is 2. The molecule has 2 aromatic rings. The van der Waals surface area contributed by atoms with Crippen LogP contribution in [0.25, 0.3) is 5.65 Å². The van der Waals surface area contributed by atoms with Gasteiger partial charge in [-0.25, -0.2) is 4.98 Å². The quantitative estimate of drug-likeness (QED) is 0.472. The maximum absolute atomic E-state index is 4.24. The fraction of sp³-hybridized carbons (Fsp3) is 0.125. The Balaban J connectivity index is 2.96. The molecule has 0 unspecified atom stereocenters. The molecule has 11 heavy (non-hydrogen) atoms. The van der Waals surface area contributed by atoms with Gasteiger partial charge in [0.05, 0.1) is 0 Å². The molecule has 0 aliphatic carbocycles. The lowest BCUT2D eigenvalue weighted by molar-refractivity contribution is 1.12. The van der Waals surface area contributed by atoms with Crippen LogP contribution in [0.4, 0.5) is 0 Å². The summed E-state index contributed by atoms with van der Waals surface area (Å²) in [7, 11) is 2.06. The fourth-order valence-corrected chi connectivity index (χ4v) is 1.38. The first-order chi connectivity index (χ1) is 5.29. The number of aromatic nitrogens is 2. The van der Waals surface area contributed by atoms with Crippen molar-refractivity contribution in [1.29, 1.82) is 0 Å². The maximum Gasteiger partial charge on any atom is 0.163 e. The monoisotopic (exact) mass is 144 g/mol. The lowest BCUT2D eigenvalue weighted by Gasteiger charge is -1.99. The summed E-state index contributed by atoms with van der Waals surface area (Å²) in [5, 5.41) is 0. The van der Waals surface area contributed by atoms with Gasteiger partial charge in [0.15, 0.2) is 7.85 Å². The second-order valence-corrected chi connectivity index (χ2v) is 2.76. The minimum Gasteiger partial charge on any atom is -0.311 e. The summed E-state index contributed by atoms with van der Waals surface area (Å²) in [5.41, 5.74) is 3.46. The normalized spacial score (nSPS) is 10.6. The van der Waals surface area contributed by atoms with Crippen LogP contribution in [-0.2, 0) is 0 Å². The molecule has 0 N–H and O–H groups in total. The van der Waals surface area contributed by atoms with Crippen molar-refractivity contribution in [2.24, 2.45) is 0 Å². The van der Waals surface area contributed by atoms with Gasteiger partial charge < -0.3 is 4.40 Å². The Morgan fingerprint density at radius 1 is 1.45 bits per heavy atom. The van der Waals surface area contributed by atoms with Crippen LogP contribution in [0, 0.1) is 6.92 Å². The van der Waals surface area contributed by atoms with Gasteiger partial charge in [0.25, 0.3) is 0 Å². The van der Waals surface area contributed by atoms with Crippen molar-refractivity contribution >= 4 is 19.1 Å². The average molecular weight is 144 g/mol. The Labute approximate surface area is 66.3 Å². The highest BCUT2D eigenvalue weighted by atomic mass is 15.0. The second kappa shape index (κ2) is 2.12. The number of aryl methyl sites for hydroxylation is 1. The van der Waals surface area contributed by atoms with Crippen molar-refractivity contribution in [2.75, 3.05) is 0 Å². The summed E-state index contributed by atoms with van der Waals surface area (Å²) in [6.45, 7) is 2.08. The Bertz CT molecular complexity index is 392. The molecule has 0 amide bonds. The van der Waals surface area contributed by atoms with Gasteiger partial charge in [-0.3, -0.25) is 0 Å². The maximum atomic E-state index is 4.24. The topological polar surface area (TPSA) is 17.3 Å². The number of imidazole rings is 1. The third-order valence-electron chi connectivity index (χ3n) is 1.90. The summed E-state index contributed by atoms with van der Waals surface area (Å²) in [6, 6.07) is 6.12. The summed E-state index contributed by atoms with van der Waals surface area (Å²) in [4.78, 5) is 4.24. The molecule has 0 aliphatic heterocycles. The standard InChI is InChI=1S/C8H9BN2/c1-6-3-2-4-8-10-5-7(9)11(6)8/h2-5H,9H2,1H3. The number of fused-ring (bicyclic) bond motifs is 1. The van der Waals surface area contributed by atoms with E-state index in [4.69, 9.17) is 0 Å². The molecular weight excluding hydrogens is 135 g/mol. The van der Waals surface area contributed by atoms with E-state index in [0.717, 1.165) is 5.65 Å². The summed E-state index contributed by atoms with van der Waals surface area (Å²) in [5.74, 6) is 0. The smallest absolute Gasteiger partial charge is 0.163 e. The van der Waals surface area contributed by atoms with E-state index in [2.05, 4.69) is 30.2 Å². The largest absolute Gasteiger partial charge is 0.311 e. The highest BCUT2D eigenvalue weighted by molar-refractivity contribution is 6.31. The number of hydrogen-bond acceptors (Lipinski definition) is 1. The van der Waals surface area contributed by atoms with Crippen LogP contribution in [-0.4, -0.2) is 17.2 Å². The van der Waals surface area contributed by atoms with Crippen molar-refractivity contribution < 1.29 is 0 Å². The molecule has 0 bridgehead atoms. The summed E-state index contributed by atoms with van der Waals surface area (Å²) < 4.78 is 2.14. The zero-order valence-corrected chi connectivity index (χ0v) is 6.70. The molecule has 0 aromatic carbocycles. The van der Waals surface area contributed by atoms with Gasteiger partial charge in [-0.1, -0.05) is 6.07 Å². The molecule has 0 aliphatic rings. The molecule has 3 heteroatoms. The Hall–Kier alpha value is -1.25. The molecule has 54 valence electrons. The van der Waals surface area contributed by atoms with Crippen molar-refractivity contribution in [3.05, 3.63) is 30.1 Å². The molecule has 0 fully saturated rings. The highest BCUT2D eigenvalue weighted by Gasteiger charge is 1.98. The third-order valence-corrected chi connectivity index (χ3v) is 1.90. The minimum absolute atomic E-state index is 1.03. The fourth-order valence-electron chi connectivity index (χ4n) is 1.38. The van der Waals surface area contributed by atoms with Crippen molar-refractivity contribution in [3.63, 3.8) is 0 Å². The van der Waals surface area contributed by atoms with Crippen molar-refractivity contribution in [1.82, 2.24) is 9.38 Å². The van der Waals surface area contributed by atoms with Crippen LogP contribution in [0.15, 0.2) is 24.4 Å². The molecule has 2 aromatic heterocycles. The lowest BCUT2D eigenvalue weighted by atomic mass is 10.1. The zero-order valence-electron chi connectivity index (χ0n) is 6.70. The van der Waals surface area contributed by atoms with Gasteiger partial charge in [0.2, 0.25) is 0 Å². The van der Waals surface area contributed by atoms with E-state index < -0.39 is 0 Å². The van der Waals surface area contributed by atoms with E-state index in [1.165, 1.54) is 11.3 Å². The predicted octanol–water partition coefficient (Wildman–Crippen LogP) is -0.0989. The molecule has 2 rings (SSSR count). The highest BCUT2D eigenvalue weighted by Crippen LogP contribution is 2.01. The second-order valence-electron chi connectivity index (χ2n) is 2.76. The zero-order chi connectivity index (χ0) is 7.84. The van der Waals surface area contributed by atoms with Crippen LogP contribution in [0.5, 0.6) is 0 Å². The van der Waals surface area contributed by atoms with E-state index in [9.17, 15) is 0 Å². The van der Waals surface area contributed by atoms with Crippen molar-refractivity contribution in [2.45, 2.75) is 6.92 Å². The summed E-state index contributed by atoms with van der Waals surface area (Å²) >= 11 is 0. The Morgan fingerprint density at radius 3 is 3.00 bits per heavy atom. The molecule has 0 spiro atoms. The van der Waals surface area contributed by atoms with Crippen molar-refractivity contribution in [3.8, 4) is 0 Å². The van der Waals surface area contributed by atoms with Crippen LogP contribution < -0.4 is 5.59 Å². The van der Waals surface area contributed by atoms with Gasteiger partial charge in [0, 0.05) is 11.9 Å². The molecule has 0 saturated carbocycles. The number of pyridine rings is 1. The first kappa shape index (κ1) is 6.46. The van der Waals surface area contributed by atoms with E-state index in [0.29, 0.717) is 0 Å². The minimum atomic E-state index is 1.03. The number of rotatable bonds is 0. The molecule has 0 saturated heterocycles. The van der Waals surface area contributed by atoms with Crippen LogP contribution >= 0.6 is 0 Å². The first-order valence-electron chi connectivity index (χ1n) is 3.69. The van der Waals surface area contributed by atoms with E-state index in [1.54, 1.807) is 0 Å². The molecule has 2 nitrogen and oxygen atoms in total. The van der Waals surface area contributed by atoms with E-state index >= 15 is 0 Å². The van der Waals surface area contributed by atoms with Gasteiger partial charge in [-0.05, 0) is 24.6 Å². The molecule has 0 atom stereocenters. The molecule has 2 heterocycles. The first-order valence-corrected chi connectivity index (χ1v) is 3.69. The van der Waals surface area contributed by atoms with Crippen LogP contribution in [0.2, 0.25) is 0 Å². The SMILES string of the molecule is Bc1cnc2cccc(C)n12. The Kier molecular flexibility index (Phi) is 1.25.